The lowest BCUT2D eigenvalue weighted by molar-refractivity contribution is 0.529. The zero-order valence-electron chi connectivity index (χ0n) is 13.3. The molecule has 0 bridgehead atoms. The van der Waals surface area contributed by atoms with E-state index in [2.05, 4.69) is 74.5 Å². The van der Waals surface area contributed by atoms with Crippen LogP contribution in [0.25, 0.3) is 0 Å². The molecular formula is C20H28. The highest BCUT2D eigenvalue weighted by Gasteiger charge is 2.13. The molecule has 0 amide bonds. The standard InChI is InChI=1S/C18H22.C2H6/c1-15(2)13-14-18(16-9-5-3-6-10-16)17-11-7-4-8-12-17;1-2/h3-12,15,18H,13-14H2,1-2H3;1-2H3. The van der Waals surface area contributed by atoms with Gasteiger partial charge in [0, 0.05) is 5.92 Å². The second-order valence-corrected chi connectivity index (χ2v) is 5.35. The van der Waals surface area contributed by atoms with Gasteiger partial charge in [-0.3, -0.25) is 0 Å². The third-order valence-corrected chi connectivity index (χ3v) is 3.44. The van der Waals surface area contributed by atoms with Crippen molar-refractivity contribution in [3.05, 3.63) is 71.8 Å². The van der Waals surface area contributed by atoms with E-state index in [-0.39, 0.29) is 0 Å². The number of rotatable bonds is 5. The fraction of sp³-hybridized carbons (Fsp3) is 0.400. The lowest BCUT2D eigenvalue weighted by atomic mass is 9.86. The average Bonchev–Trinajstić information content (AvgIpc) is 2.51. The zero-order chi connectivity index (χ0) is 14.8. The van der Waals surface area contributed by atoms with Gasteiger partial charge in [0.15, 0.2) is 0 Å². The lowest BCUT2D eigenvalue weighted by Crippen LogP contribution is -2.03. The number of hydrogen-bond acceptors (Lipinski definition) is 0. The monoisotopic (exact) mass is 268 g/mol. The Morgan fingerprint density at radius 3 is 1.40 bits per heavy atom. The Hall–Kier alpha value is -1.56. The number of hydrogen-bond donors (Lipinski definition) is 0. The van der Waals surface area contributed by atoms with E-state index in [0.29, 0.717) is 5.92 Å². The second-order valence-electron chi connectivity index (χ2n) is 5.35. The van der Waals surface area contributed by atoms with Gasteiger partial charge >= 0.3 is 0 Å². The quantitative estimate of drug-likeness (QED) is 0.598. The first-order valence-corrected chi connectivity index (χ1v) is 7.87. The van der Waals surface area contributed by atoms with Gasteiger partial charge < -0.3 is 0 Å². The Kier molecular flexibility index (Phi) is 7.72. The van der Waals surface area contributed by atoms with Gasteiger partial charge in [0.05, 0.1) is 0 Å². The molecule has 0 aliphatic heterocycles. The highest BCUT2D eigenvalue weighted by molar-refractivity contribution is 5.32. The molecule has 0 aliphatic carbocycles. The van der Waals surface area contributed by atoms with E-state index in [1.807, 2.05) is 13.8 Å². The van der Waals surface area contributed by atoms with Gasteiger partial charge in [0.2, 0.25) is 0 Å². The van der Waals surface area contributed by atoms with E-state index < -0.39 is 0 Å². The van der Waals surface area contributed by atoms with Crippen LogP contribution in [0, 0.1) is 5.92 Å². The molecule has 0 nitrogen and oxygen atoms in total. The Morgan fingerprint density at radius 1 is 0.650 bits per heavy atom. The summed E-state index contributed by atoms with van der Waals surface area (Å²) >= 11 is 0. The van der Waals surface area contributed by atoms with Crippen molar-refractivity contribution in [3.8, 4) is 0 Å². The molecule has 0 saturated heterocycles. The van der Waals surface area contributed by atoms with Crippen LogP contribution in [-0.4, -0.2) is 0 Å². The maximum absolute atomic E-state index is 2.30. The molecule has 2 aromatic carbocycles. The third kappa shape index (κ3) is 5.21. The summed E-state index contributed by atoms with van der Waals surface area (Å²) in [6.45, 7) is 8.60. The molecule has 2 rings (SSSR count). The van der Waals surface area contributed by atoms with Crippen LogP contribution in [0.2, 0.25) is 0 Å². The minimum Gasteiger partial charge on any atom is -0.0683 e. The van der Waals surface area contributed by atoms with Gasteiger partial charge in [-0.1, -0.05) is 94.8 Å². The SMILES string of the molecule is CC.CC(C)CCC(c1ccccc1)c1ccccc1. The summed E-state index contributed by atoms with van der Waals surface area (Å²) in [5.41, 5.74) is 2.87. The Bertz CT molecular complexity index is 402. The van der Waals surface area contributed by atoms with Crippen LogP contribution in [0.3, 0.4) is 0 Å². The van der Waals surface area contributed by atoms with Crippen molar-refractivity contribution in [2.45, 2.75) is 46.5 Å². The molecule has 0 N–H and O–H groups in total. The lowest BCUT2D eigenvalue weighted by Gasteiger charge is -2.19. The van der Waals surface area contributed by atoms with Crippen molar-refractivity contribution < 1.29 is 0 Å². The summed E-state index contributed by atoms with van der Waals surface area (Å²) in [6, 6.07) is 21.7. The Balaban J connectivity index is 0.000000956. The molecule has 0 saturated carbocycles. The summed E-state index contributed by atoms with van der Waals surface area (Å²) in [4.78, 5) is 0. The van der Waals surface area contributed by atoms with Crippen LogP contribution in [0.5, 0.6) is 0 Å². The van der Waals surface area contributed by atoms with Crippen molar-refractivity contribution >= 4 is 0 Å². The predicted octanol–water partition coefficient (Wildman–Crippen LogP) is 6.28. The van der Waals surface area contributed by atoms with E-state index >= 15 is 0 Å². The van der Waals surface area contributed by atoms with Crippen molar-refractivity contribution in [1.82, 2.24) is 0 Å². The Morgan fingerprint density at radius 2 is 1.05 bits per heavy atom. The predicted molar refractivity (Wildman–Crippen MR) is 90.1 cm³/mol. The summed E-state index contributed by atoms with van der Waals surface area (Å²) in [5.74, 6) is 1.30. The van der Waals surface area contributed by atoms with Gasteiger partial charge in [-0.05, 0) is 23.5 Å². The van der Waals surface area contributed by atoms with Crippen molar-refractivity contribution in [2.24, 2.45) is 5.92 Å². The van der Waals surface area contributed by atoms with E-state index in [1.165, 1.54) is 24.0 Å². The summed E-state index contributed by atoms with van der Waals surface area (Å²) in [6.07, 6.45) is 2.50. The molecule has 108 valence electrons. The van der Waals surface area contributed by atoms with E-state index in [4.69, 9.17) is 0 Å². The van der Waals surface area contributed by atoms with Gasteiger partial charge in [0.1, 0.15) is 0 Å². The van der Waals surface area contributed by atoms with Crippen LogP contribution in [-0.2, 0) is 0 Å². The topological polar surface area (TPSA) is 0 Å². The Labute approximate surface area is 124 Å². The van der Waals surface area contributed by atoms with Gasteiger partial charge in [-0.15, -0.1) is 0 Å². The fourth-order valence-corrected chi connectivity index (χ4v) is 2.40. The van der Waals surface area contributed by atoms with Gasteiger partial charge in [-0.2, -0.15) is 0 Å². The molecule has 0 aliphatic rings. The number of benzene rings is 2. The molecule has 2 aromatic rings. The molecule has 0 spiro atoms. The highest BCUT2D eigenvalue weighted by atomic mass is 14.2. The van der Waals surface area contributed by atoms with Crippen LogP contribution in [0.4, 0.5) is 0 Å². The van der Waals surface area contributed by atoms with Crippen LogP contribution >= 0.6 is 0 Å². The minimum atomic E-state index is 0.537. The molecule has 0 radical (unpaired) electrons. The normalized spacial score (nSPS) is 10.3. The zero-order valence-corrected chi connectivity index (χ0v) is 13.3. The van der Waals surface area contributed by atoms with Crippen LogP contribution in [0.1, 0.15) is 57.6 Å². The largest absolute Gasteiger partial charge is 0.0683 e. The first kappa shape index (κ1) is 16.5. The molecule has 0 heterocycles. The van der Waals surface area contributed by atoms with Crippen LogP contribution < -0.4 is 0 Å². The average molecular weight is 268 g/mol. The van der Waals surface area contributed by atoms with E-state index in [0.717, 1.165) is 5.92 Å². The maximum atomic E-state index is 2.30. The maximum Gasteiger partial charge on any atom is 0.00894 e. The van der Waals surface area contributed by atoms with Gasteiger partial charge in [0.25, 0.3) is 0 Å². The first-order valence-electron chi connectivity index (χ1n) is 7.87. The van der Waals surface area contributed by atoms with E-state index in [1.54, 1.807) is 0 Å². The van der Waals surface area contributed by atoms with Crippen molar-refractivity contribution in [2.75, 3.05) is 0 Å². The first-order chi connectivity index (χ1) is 9.77. The summed E-state index contributed by atoms with van der Waals surface area (Å²) in [5, 5.41) is 0. The fourth-order valence-electron chi connectivity index (χ4n) is 2.40. The van der Waals surface area contributed by atoms with Crippen molar-refractivity contribution in [1.29, 1.82) is 0 Å². The molecule has 0 unspecified atom stereocenters. The van der Waals surface area contributed by atoms with Gasteiger partial charge in [-0.25, -0.2) is 0 Å². The summed E-state index contributed by atoms with van der Waals surface area (Å²) < 4.78 is 0. The van der Waals surface area contributed by atoms with Crippen LogP contribution in [0.15, 0.2) is 60.7 Å². The highest BCUT2D eigenvalue weighted by Crippen LogP contribution is 2.30. The molecule has 0 aromatic heterocycles. The molecule has 0 heteroatoms. The summed E-state index contributed by atoms with van der Waals surface area (Å²) in [7, 11) is 0. The molecule has 0 fully saturated rings. The smallest absolute Gasteiger partial charge is 0.00894 e. The van der Waals surface area contributed by atoms with E-state index in [9.17, 15) is 0 Å². The third-order valence-electron chi connectivity index (χ3n) is 3.44. The molecular weight excluding hydrogens is 240 g/mol. The second kappa shape index (κ2) is 9.36. The minimum absolute atomic E-state index is 0.537. The molecule has 0 atom stereocenters. The molecule has 20 heavy (non-hydrogen) atoms. The van der Waals surface area contributed by atoms with Crippen molar-refractivity contribution in [3.63, 3.8) is 0 Å².